The van der Waals surface area contributed by atoms with E-state index in [1.54, 1.807) is 0 Å². The molecule has 0 aliphatic carbocycles. The van der Waals surface area contributed by atoms with Crippen LogP contribution in [0.5, 0.6) is 0 Å². The predicted octanol–water partition coefficient (Wildman–Crippen LogP) is 0.774. The quantitative estimate of drug-likeness (QED) is 0.618. The number of rotatable bonds is 5. The second-order valence-corrected chi connectivity index (χ2v) is 5.09. The topological polar surface area (TPSA) is 70.8 Å². The Kier molecular flexibility index (Phi) is 5.60. The van der Waals surface area contributed by atoms with Crippen LogP contribution in [-0.4, -0.2) is 43.6 Å². The van der Waals surface area contributed by atoms with Crippen LogP contribution in [-0.2, 0) is 9.63 Å². The minimum absolute atomic E-state index is 0.335. The van der Waals surface area contributed by atoms with Gasteiger partial charge in [0.1, 0.15) is 0 Å². The molecule has 7 heteroatoms. The summed E-state index contributed by atoms with van der Waals surface area (Å²) in [5, 5.41) is 0.752. The maximum atomic E-state index is 11.2. The maximum Gasteiger partial charge on any atom is 0.327 e. The molecule has 1 fully saturated rings. The first-order valence-corrected chi connectivity index (χ1v) is 6.95. The number of hydrazine groups is 1. The van der Waals surface area contributed by atoms with Gasteiger partial charge in [0, 0.05) is 43.4 Å². The van der Waals surface area contributed by atoms with Gasteiger partial charge in [0.05, 0.1) is 6.42 Å². The molecule has 20 heavy (non-hydrogen) atoms. The van der Waals surface area contributed by atoms with Crippen LogP contribution in [0.4, 0.5) is 5.69 Å². The van der Waals surface area contributed by atoms with Crippen LogP contribution in [0.3, 0.4) is 0 Å². The van der Waals surface area contributed by atoms with Gasteiger partial charge in [-0.15, -0.1) is 0 Å². The number of hydrogen-bond donors (Lipinski definition) is 2. The zero-order valence-electron chi connectivity index (χ0n) is 11.2. The number of piperazine rings is 1. The van der Waals surface area contributed by atoms with Gasteiger partial charge < -0.3 is 9.74 Å². The van der Waals surface area contributed by atoms with Gasteiger partial charge in [-0.2, -0.15) is 0 Å². The highest BCUT2D eigenvalue weighted by Gasteiger charge is 2.18. The van der Waals surface area contributed by atoms with Crippen molar-refractivity contribution in [2.24, 2.45) is 5.84 Å². The number of carbonyl (C=O) groups excluding carboxylic acids is 1. The molecule has 0 radical (unpaired) electrons. The molecule has 0 atom stereocenters. The Bertz CT molecular complexity index is 450. The Morgan fingerprint density at radius 3 is 2.75 bits per heavy atom. The number of anilines is 1. The summed E-state index contributed by atoms with van der Waals surface area (Å²) in [5.74, 6) is 4.57. The van der Waals surface area contributed by atoms with Gasteiger partial charge in [-0.25, -0.2) is 5.84 Å². The van der Waals surface area contributed by atoms with Crippen LogP contribution < -0.4 is 16.3 Å². The molecule has 1 aliphatic heterocycles. The first-order chi connectivity index (χ1) is 9.69. The Hall–Kier alpha value is -1.34. The van der Waals surface area contributed by atoms with Crippen molar-refractivity contribution in [3.8, 4) is 0 Å². The average molecular weight is 299 g/mol. The summed E-state index contributed by atoms with van der Waals surface area (Å²) in [7, 11) is 0. The van der Waals surface area contributed by atoms with Crippen molar-refractivity contribution in [1.29, 1.82) is 0 Å². The molecule has 2 rings (SSSR count). The smallest absolute Gasteiger partial charge is 0.327 e. The van der Waals surface area contributed by atoms with Gasteiger partial charge in [-0.1, -0.05) is 23.3 Å². The lowest BCUT2D eigenvalue weighted by atomic mass is 10.2. The van der Waals surface area contributed by atoms with E-state index in [0.717, 1.165) is 36.9 Å². The van der Waals surface area contributed by atoms with Crippen molar-refractivity contribution in [3.63, 3.8) is 0 Å². The molecule has 0 saturated carbocycles. The number of nitrogens with two attached hydrogens (primary N) is 1. The Labute approximate surface area is 123 Å². The number of nitrogens with one attached hydrogen (secondary N) is 1. The van der Waals surface area contributed by atoms with Crippen molar-refractivity contribution in [2.45, 2.75) is 6.42 Å². The molecular weight excluding hydrogens is 280 g/mol. The first kappa shape index (κ1) is 15.1. The van der Waals surface area contributed by atoms with E-state index in [9.17, 15) is 4.79 Å². The molecule has 0 bridgehead atoms. The number of carbonyl (C=O) groups is 1. The third-order valence-corrected chi connectivity index (χ3v) is 3.59. The molecule has 1 aromatic carbocycles. The molecule has 0 amide bonds. The third-order valence-electron chi connectivity index (χ3n) is 3.35. The van der Waals surface area contributed by atoms with Crippen molar-refractivity contribution in [3.05, 3.63) is 29.3 Å². The summed E-state index contributed by atoms with van der Waals surface area (Å²) in [6, 6.07) is 7.87. The van der Waals surface area contributed by atoms with E-state index >= 15 is 0 Å². The zero-order chi connectivity index (χ0) is 14.4. The summed E-state index contributed by atoms with van der Waals surface area (Å²) in [6.45, 7) is 4.35. The van der Waals surface area contributed by atoms with E-state index in [2.05, 4.69) is 20.7 Å². The molecule has 6 nitrogen and oxygen atoms in total. The number of nitrogens with zero attached hydrogens (tertiary/aromatic N) is 2. The summed E-state index contributed by atoms with van der Waals surface area (Å²) in [5.41, 5.74) is 3.04. The van der Waals surface area contributed by atoms with Crippen molar-refractivity contribution in [1.82, 2.24) is 10.5 Å². The molecule has 3 N–H and O–H groups in total. The monoisotopic (exact) mass is 298 g/mol. The highest BCUT2D eigenvalue weighted by molar-refractivity contribution is 6.30. The molecule has 0 aromatic heterocycles. The minimum Gasteiger partial charge on any atom is -0.369 e. The van der Waals surface area contributed by atoms with E-state index in [0.29, 0.717) is 13.0 Å². The predicted molar refractivity (Wildman–Crippen MR) is 78.1 cm³/mol. The van der Waals surface area contributed by atoms with E-state index in [4.69, 9.17) is 17.4 Å². The summed E-state index contributed by atoms with van der Waals surface area (Å²) in [4.78, 5) is 20.2. The molecule has 1 aromatic rings. The van der Waals surface area contributed by atoms with Crippen LogP contribution in [0.15, 0.2) is 24.3 Å². The highest BCUT2D eigenvalue weighted by atomic mass is 35.5. The summed E-state index contributed by atoms with van der Waals surface area (Å²) < 4.78 is 0. The lowest BCUT2D eigenvalue weighted by Crippen LogP contribution is -2.47. The van der Waals surface area contributed by atoms with Crippen molar-refractivity contribution >= 4 is 23.3 Å². The fraction of sp³-hybridized carbons (Fsp3) is 0.462. The van der Waals surface area contributed by atoms with Gasteiger partial charge in [-0.3, -0.25) is 9.69 Å². The van der Waals surface area contributed by atoms with Gasteiger partial charge in [0.25, 0.3) is 0 Å². The van der Waals surface area contributed by atoms with Crippen LogP contribution in [0.1, 0.15) is 6.42 Å². The maximum absolute atomic E-state index is 11.2. The zero-order valence-corrected chi connectivity index (χ0v) is 12.0. The molecule has 1 saturated heterocycles. The van der Waals surface area contributed by atoms with Crippen LogP contribution in [0.25, 0.3) is 0 Å². The summed E-state index contributed by atoms with van der Waals surface area (Å²) >= 11 is 6.00. The highest BCUT2D eigenvalue weighted by Crippen LogP contribution is 2.20. The van der Waals surface area contributed by atoms with E-state index in [-0.39, 0.29) is 5.97 Å². The average Bonchev–Trinajstić information content (AvgIpc) is 2.46. The first-order valence-electron chi connectivity index (χ1n) is 6.57. The largest absolute Gasteiger partial charge is 0.369 e. The molecular formula is C13H19ClN4O2. The van der Waals surface area contributed by atoms with E-state index < -0.39 is 0 Å². The van der Waals surface area contributed by atoms with Crippen LogP contribution in [0.2, 0.25) is 5.02 Å². The van der Waals surface area contributed by atoms with Gasteiger partial charge in [0.2, 0.25) is 0 Å². The fourth-order valence-corrected chi connectivity index (χ4v) is 2.45. The SMILES string of the molecule is NNOC(=O)CCN1CCN(c2cccc(Cl)c2)CC1. The molecule has 110 valence electrons. The van der Waals surface area contributed by atoms with Gasteiger partial charge in [-0.05, 0) is 18.2 Å². The number of halogens is 1. The second kappa shape index (κ2) is 7.44. The standard InChI is InChI=1S/C13H19ClN4O2/c14-11-2-1-3-12(10-11)18-8-6-17(7-9-18)5-4-13(19)20-16-15/h1-3,10,16H,4-9,15H2. The van der Waals surface area contributed by atoms with Crippen LogP contribution in [0, 0.1) is 0 Å². The fourth-order valence-electron chi connectivity index (χ4n) is 2.27. The molecule has 0 spiro atoms. The normalized spacial score (nSPS) is 16.2. The number of hydrogen-bond acceptors (Lipinski definition) is 6. The van der Waals surface area contributed by atoms with Crippen LogP contribution >= 0.6 is 11.6 Å². The van der Waals surface area contributed by atoms with Crippen molar-refractivity contribution in [2.75, 3.05) is 37.6 Å². The van der Waals surface area contributed by atoms with Crippen molar-refractivity contribution < 1.29 is 9.63 Å². The molecule has 1 heterocycles. The van der Waals surface area contributed by atoms with E-state index in [1.165, 1.54) is 0 Å². The Balaban J connectivity index is 1.76. The third kappa shape index (κ3) is 4.35. The molecule has 1 aliphatic rings. The minimum atomic E-state index is -0.343. The number of benzene rings is 1. The van der Waals surface area contributed by atoms with Gasteiger partial charge in [0.15, 0.2) is 0 Å². The Morgan fingerprint density at radius 1 is 1.35 bits per heavy atom. The lowest BCUT2D eigenvalue weighted by molar-refractivity contribution is -0.151. The lowest BCUT2D eigenvalue weighted by Gasteiger charge is -2.36. The molecule has 0 unspecified atom stereocenters. The second-order valence-electron chi connectivity index (χ2n) is 4.65. The Morgan fingerprint density at radius 2 is 2.10 bits per heavy atom. The van der Waals surface area contributed by atoms with E-state index in [1.807, 2.05) is 23.8 Å². The van der Waals surface area contributed by atoms with Gasteiger partial charge >= 0.3 is 5.97 Å². The summed E-state index contributed by atoms with van der Waals surface area (Å²) in [6.07, 6.45) is 0.335.